The minimum absolute atomic E-state index is 0.161. The van der Waals surface area contributed by atoms with Crippen molar-refractivity contribution in [3.63, 3.8) is 0 Å². The minimum atomic E-state index is -0.293. The van der Waals surface area contributed by atoms with E-state index in [0.29, 0.717) is 0 Å². The zero-order valence-electron chi connectivity index (χ0n) is 9.65. The maximum Gasteiger partial charge on any atom is 0.234 e. The SMILES string of the molecule is CCC(C(N)=O)N1CCCC(C(C)O)C1. The van der Waals surface area contributed by atoms with Gasteiger partial charge in [0, 0.05) is 6.54 Å². The van der Waals surface area contributed by atoms with E-state index >= 15 is 0 Å². The van der Waals surface area contributed by atoms with Crippen LogP contribution in [0.4, 0.5) is 0 Å². The second-order valence-corrected chi connectivity index (χ2v) is 4.46. The lowest BCUT2D eigenvalue weighted by Crippen LogP contribution is -2.50. The molecule has 1 fully saturated rings. The molecule has 1 aliphatic rings. The molecule has 0 bridgehead atoms. The Hall–Kier alpha value is -0.610. The van der Waals surface area contributed by atoms with E-state index in [2.05, 4.69) is 4.90 Å². The number of carbonyl (C=O) groups excluding carboxylic acids is 1. The summed E-state index contributed by atoms with van der Waals surface area (Å²) in [6.07, 6.45) is 2.54. The second kappa shape index (κ2) is 5.47. The fourth-order valence-electron chi connectivity index (χ4n) is 2.36. The number of nitrogens with zero attached hydrogens (tertiary/aromatic N) is 1. The summed E-state index contributed by atoms with van der Waals surface area (Å²) in [4.78, 5) is 13.3. The van der Waals surface area contributed by atoms with Crippen LogP contribution in [-0.4, -0.2) is 41.1 Å². The van der Waals surface area contributed by atoms with Crippen molar-refractivity contribution in [2.75, 3.05) is 13.1 Å². The molecule has 0 aromatic heterocycles. The fraction of sp³-hybridized carbons (Fsp3) is 0.909. The molecule has 1 amide bonds. The Bertz CT molecular complexity index is 219. The minimum Gasteiger partial charge on any atom is -0.393 e. The van der Waals surface area contributed by atoms with Crippen molar-refractivity contribution >= 4 is 5.91 Å². The normalized spacial score (nSPS) is 27.3. The highest BCUT2D eigenvalue weighted by Crippen LogP contribution is 2.22. The molecule has 3 N–H and O–H groups in total. The van der Waals surface area contributed by atoms with Gasteiger partial charge in [0.25, 0.3) is 0 Å². The highest BCUT2D eigenvalue weighted by molar-refractivity contribution is 5.79. The Labute approximate surface area is 91.4 Å². The van der Waals surface area contributed by atoms with Crippen molar-refractivity contribution in [3.05, 3.63) is 0 Å². The van der Waals surface area contributed by atoms with Crippen LogP contribution in [0.25, 0.3) is 0 Å². The van der Waals surface area contributed by atoms with Crippen LogP contribution in [0.1, 0.15) is 33.1 Å². The van der Waals surface area contributed by atoms with Gasteiger partial charge in [0.15, 0.2) is 0 Å². The Morgan fingerprint density at radius 3 is 2.80 bits per heavy atom. The van der Waals surface area contributed by atoms with Gasteiger partial charge in [0.1, 0.15) is 0 Å². The molecule has 15 heavy (non-hydrogen) atoms. The van der Waals surface area contributed by atoms with Crippen LogP contribution < -0.4 is 5.73 Å². The molecule has 4 heteroatoms. The van der Waals surface area contributed by atoms with Gasteiger partial charge in [-0.2, -0.15) is 0 Å². The van der Waals surface area contributed by atoms with E-state index in [-0.39, 0.29) is 24.0 Å². The summed E-state index contributed by atoms with van der Waals surface area (Å²) in [5.41, 5.74) is 5.36. The van der Waals surface area contributed by atoms with Gasteiger partial charge in [0.05, 0.1) is 12.1 Å². The van der Waals surface area contributed by atoms with Gasteiger partial charge in [-0.1, -0.05) is 6.92 Å². The van der Waals surface area contributed by atoms with Crippen LogP contribution in [0.3, 0.4) is 0 Å². The fourth-order valence-corrected chi connectivity index (χ4v) is 2.36. The molecule has 1 aliphatic heterocycles. The number of aliphatic hydroxyl groups excluding tert-OH is 1. The Morgan fingerprint density at radius 2 is 2.33 bits per heavy atom. The predicted octanol–water partition coefficient (Wildman–Crippen LogP) is 0.343. The molecule has 0 aliphatic carbocycles. The smallest absolute Gasteiger partial charge is 0.234 e. The molecule has 1 heterocycles. The number of amides is 1. The molecular formula is C11H22N2O2. The molecule has 1 rings (SSSR count). The summed E-state index contributed by atoms with van der Waals surface area (Å²) < 4.78 is 0. The Kier molecular flexibility index (Phi) is 4.54. The van der Waals surface area contributed by atoms with E-state index in [4.69, 9.17) is 5.73 Å². The first kappa shape index (κ1) is 12.5. The molecule has 0 aromatic carbocycles. The maximum absolute atomic E-state index is 11.2. The molecule has 0 aromatic rings. The molecule has 1 saturated heterocycles. The highest BCUT2D eigenvalue weighted by Gasteiger charge is 2.29. The van der Waals surface area contributed by atoms with Gasteiger partial charge in [-0.25, -0.2) is 0 Å². The third-order valence-corrected chi connectivity index (χ3v) is 3.33. The van der Waals surface area contributed by atoms with Crippen LogP contribution in [0.15, 0.2) is 0 Å². The highest BCUT2D eigenvalue weighted by atomic mass is 16.3. The Morgan fingerprint density at radius 1 is 1.67 bits per heavy atom. The zero-order chi connectivity index (χ0) is 11.4. The molecule has 4 nitrogen and oxygen atoms in total. The molecule has 0 spiro atoms. The average molecular weight is 214 g/mol. The number of primary amides is 1. The van der Waals surface area contributed by atoms with Gasteiger partial charge < -0.3 is 10.8 Å². The average Bonchev–Trinajstić information content (AvgIpc) is 2.18. The first-order valence-electron chi connectivity index (χ1n) is 5.77. The van der Waals surface area contributed by atoms with E-state index in [0.717, 1.165) is 32.4 Å². The third-order valence-electron chi connectivity index (χ3n) is 3.33. The topological polar surface area (TPSA) is 66.6 Å². The van der Waals surface area contributed by atoms with E-state index < -0.39 is 0 Å². The number of hydrogen-bond acceptors (Lipinski definition) is 3. The second-order valence-electron chi connectivity index (χ2n) is 4.46. The maximum atomic E-state index is 11.2. The van der Waals surface area contributed by atoms with Crippen molar-refractivity contribution in [2.24, 2.45) is 11.7 Å². The number of rotatable bonds is 4. The van der Waals surface area contributed by atoms with Crippen LogP contribution in [0.2, 0.25) is 0 Å². The lowest BCUT2D eigenvalue weighted by atomic mass is 9.92. The molecule has 0 saturated carbocycles. The summed E-state index contributed by atoms with van der Waals surface area (Å²) in [5.74, 6) is 0.0379. The number of nitrogens with two attached hydrogens (primary N) is 1. The number of carbonyl (C=O) groups is 1. The van der Waals surface area contributed by atoms with Crippen molar-refractivity contribution in [3.8, 4) is 0 Å². The van der Waals surface area contributed by atoms with Crippen LogP contribution in [0, 0.1) is 5.92 Å². The predicted molar refractivity (Wildman–Crippen MR) is 59.3 cm³/mol. The van der Waals surface area contributed by atoms with Crippen LogP contribution >= 0.6 is 0 Å². The summed E-state index contributed by atoms with van der Waals surface area (Å²) >= 11 is 0. The number of aliphatic hydroxyl groups is 1. The summed E-state index contributed by atoms with van der Waals surface area (Å²) in [6, 6.07) is -0.161. The third kappa shape index (κ3) is 3.18. The molecule has 3 unspecified atom stereocenters. The van der Waals surface area contributed by atoms with Crippen LogP contribution in [0.5, 0.6) is 0 Å². The van der Waals surface area contributed by atoms with Gasteiger partial charge >= 0.3 is 0 Å². The lowest BCUT2D eigenvalue weighted by molar-refractivity contribution is -0.124. The van der Waals surface area contributed by atoms with Gasteiger partial charge in [-0.3, -0.25) is 9.69 Å². The monoisotopic (exact) mass is 214 g/mol. The van der Waals surface area contributed by atoms with Crippen LogP contribution in [-0.2, 0) is 4.79 Å². The van der Waals surface area contributed by atoms with Gasteiger partial charge in [-0.05, 0) is 38.6 Å². The van der Waals surface area contributed by atoms with Crippen molar-refractivity contribution < 1.29 is 9.90 Å². The zero-order valence-corrected chi connectivity index (χ0v) is 9.65. The summed E-state index contributed by atoms with van der Waals surface area (Å²) in [5, 5.41) is 9.55. The quantitative estimate of drug-likeness (QED) is 0.709. The van der Waals surface area contributed by atoms with Crippen molar-refractivity contribution in [2.45, 2.75) is 45.3 Å². The molecule has 0 radical (unpaired) electrons. The van der Waals surface area contributed by atoms with Gasteiger partial charge in [-0.15, -0.1) is 0 Å². The van der Waals surface area contributed by atoms with E-state index in [1.165, 1.54) is 0 Å². The molecular weight excluding hydrogens is 192 g/mol. The van der Waals surface area contributed by atoms with Crippen molar-refractivity contribution in [1.82, 2.24) is 4.90 Å². The first-order chi connectivity index (χ1) is 7.06. The number of likely N-dealkylation sites (tertiary alicyclic amines) is 1. The molecule has 88 valence electrons. The first-order valence-corrected chi connectivity index (χ1v) is 5.77. The lowest BCUT2D eigenvalue weighted by Gasteiger charge is -2.37. The number of hydrogen-bond donors (Lipinski definition) is 2. The van der Waals surface area contributed by atoms with Crippen molar-refractivity contribution in [1.29, 1.82) is 0 Å². The number of piperidine rings is 1. The van der Waals surface area contributed by atoms with Gasteiger partial charge in [0.2, 0.25) is 5.91 Å². The summed E-state index contributed by atoms with van der Waals surface area (Å²) in [6.45, 7) is 5.50. The molecule has 3 atom stereocenters. The van der Waals surface area contributed by atoms with E-state index in [1.807, 2.05) is 13.8 Å². The van der Waals surface area contributed by atoms with E-state index in [9.17, 15) is 9.90 Å². The largest absolute Gasteiger partial charge is 0.393 e. The van der Waals surface area contributed by atoms with E-state index in [1.54, 1.807) is 0 Å². The standard InChI is InChI=1S/C11H22N2O2/c1-3-10(11(12)15)13-6-4-5-9(7-13)8(2)14/h8-10,14H,3-7H2,1-2H3,(H2,12,15). The Balaban J connectivity index is 2.58. The summed E-state index contributed by atoms with van der Waals surface area (Å²) in [7, 11) is 0.